The van der Waals surface area contributed by atoms with Gasteiger partial charge < -0.3 is 4.90 Å². The van der Waals surface area contributed by atoms with Crippen LogP contribution in [0.1, 0.15) is 39.4 Å². The van der Waals surface area contributed by atoms with Crippen LogP contribution in [0.4, 0.5) is 13.2 Å². The van der Waals surface area contributed by atoms with Crippen LogP contribution in [0.2, 0.25) is 0 Å². The highest BCUT2D eigenvalue weighted by Crippen LogP contribution is 2.21. The maximum Gasteiger partial charge on any atom is 0.184 e. The molecule has 1 aromatic carbocycles. The Bertz CT molecular complexity index is 868. The molecule has 1 aliphatic heterocycles. The Morgan fingerprint density at radius 2 is 1.70 bits per heavy atom. The molecule has 1 aromatic heterocycles. The lowest BCUT2D eigenvalue weighted by atomic mass is 9.91. The Balaban J connectivity index is 0.00000146. The zero-order valence-electron chi connectivity index (χ0n) is 16.1. The zero-order valence-corrected chi connectivity index (χ0v) is 17.7. The standard InChI is InChI=1S/C20H19F3N2O2.ClHO.ClH/c1-25-7-5-12(6-8-25)20(27)17-4-2-3-14(24-17)11-18(26)19-15(22)9-13(21)10-16(19)23;1-2;/h2-4,9-10,12H,5-8,11H2,1H3;2H;1H. The van der Waals surface area contributed by atoms with E-state index in [1.807, 2.05) is 7.05 Å². The molecule has 1 aliphatic rings. The molecule has 1 saturated heterocycles. The third kappa shape index (κ3) is 6.50. The van der Waals surface area contributed by atoms with E-state index in [0.717, 1.165) is 25.9 Å². The largest absolute Gasteiger partial charge is 0.306 e. The number of piperidine rings is 1. The van der Waals surface area contributed by atoms with E-state index in [1.165, 1.54) is 6.07 Å². The van der Waals surface area contributed by atoms with Crippen molar-refractivity contribution >= 4 is 35.8 Å². The monoisotopic (exact) mass is 464 g/mol. The van der Waals surface area contributed by atoms with Gasteiger partial charge in [0.15, 0.2) is 11.6 Å². The van der Waals surface area contributed by atoms with E-state index < -0.39 is 28.8 Å². The van der Waals surface area contributed by atoms with Crippen molar-refractivity contribution in [1.82, 2.24) is 9.88 Å². The quantitative estimate of drug-likeness (QED) is 0.677. The third-order valence-electron chi connectivity index (χ3n) is 4.78. The second-order valence-electron chi connectivity index (χ2n) is 6.80. The van der Waals surface area contributed by atoms with E-state index in [9.17, 15) is 22.8 Å². The van der Waals surface area contributed by atoms with Crippen molar-refractivity contribution in [2.75, 3.05) is 20.1 Å². The number of likely N-dealkylation sites (tertiary alicyclic amines) is 1. The summed E-state index contributed by atoms with van der Waals surface area (Å²) in [7, 11) is 2.00. The number of pyridine rings is 1. The van der Waals surface area contributed by atoms with Crippen LogP contribution in [0.5, 0.6) is 0 Å². The van der Waals surface area contributed by atoms with Crippen LogP contribution >= 0.6 is 24.3 Å². The van der Waals surface area contributed by atoms with E-state index >= 15 is 0 Å². The topological polar surface area (TPSA) is 70.5 Å². The first-order valence-corrected chi connectivity index (χ1v) is 9.22. The van der Waals surface area contributed by atoms with Crippen molar-refractivity contribution in [2.24, 2.45) is 5.92 Å². The lowest BCUT2D eigenvalue weighted by Crippen LogP contribution is -2.33. The minimum Gasteiger partial charge on any atom is -0.306 e. The highest BCUT2D eigenvalue weighted by molar-refractivity contribution is 6.04. The molecule has 0 aliphatic carbocycles. The summed E-state index contributed by atoms with van der Waals surface area (Å²) in [5.74, 6) is -4.66. The van der Waals surface area contributed by atoms with Crippen LogP contribution in [-0.4, -0.2) is 46.2 Å². The maximum absolute atomic E-state index is 13.8. The van der Waals surface area contributed by atoms with Crippen LogP contribution in [-0.2, 0) is 6.42 Å². The van der Waals surface area contributed by atoms with Gasteiger partial charge in [-0.2, -0.15) is 0 Å². The molecule has 0 saturated carbocycles. The van der Waals surface area contributed by atoms with E-state index in [2.05, 4.69) is 21.7 Å². The lowest BCUT2D eigenvalue weighted by Gasteiger charge is -2.27. The van der Waals surface area contributed by atoms with Gasteiger partial charge in [-0.05, 0) is 45.1 Å². The fourth-order valence-corrected chi connectivity index (χ4v) is 3.26. The van der Waals surface area contributed by atoms with Gasteiger partial charge in [0.25, 0.3) is 0 Å². The Kier molecular flexibility index (Phi) is 10.4. The number of aromatic nitrogens is 1. The van der Waals surface area contributed by atoms with Gasteiger partial charge in [0, 0.05) is 23.7 Å². The van der Waals surface area contributed by atoms with Gasteiger partial charge in [-0.15, -0.1) is 12.4 Å². The number of Topliss-reactive ketones (excluding diaryl/α,β-unsaturated/α-hetero) is 2. The summed E-state index contributed by atoms with van der Waals surface area (Å²) < 4.78 is 47.0. The van der Waals surface area contributed by atoms with Crippen LogP contribution in [0.3, 0.4) is 0 Å². The number of benzene rings is 1. The summed E-state index contributed by atoms with van der Waals surface area (Å²) >= 11 is 3.64. The van der Waals surface area contributed by atoms with Crippen molar-refractivity contribution in [3.8, 4) is 0 Å². The number of halogens is 5. The van der Waals surface area contributed by atoms with Crippen molar-refractivity contribution in [3.05, 3.63) is 64.7 Å². The third-order valence-corrected chi connectivity index (χ3v) is 4.78. The number of hydrogen-bond donors (Lipinski definition) is 1. The molecule has 0 atom stereocenters. The molecule has 2 aromatic rings. The summed E-state index contributed by atoms with van der Waals surface area (Å²) in [4.78, 5) is 31.2. The van der Waals surface area contributed by atoms with Gasteiger partial charge in [-0.1, -0.05) is 6.07 Å². The van der Waals surface area contributed by atoms with Gasteiger partial charge in [0.05, 0.1) is 23.9 Å². The fourth-order valence-electron chi connectivity index (χ4n) is 3.26. The molecule has 1 fully saturated rings. The minimum atomic E-state index is -1.25. The maximum atomic E-state index is 13.8. The SMILES string of the molecule is CN1CCC(C(=O)c2cccc(CC(=O)c3c(F)cc(F)cc3F)n2)CC1.Cl.OCl. The second kappa shape index (κ2) is 12.0. The Labute approximate surface area is 183 Å². The molecule has 3 rings (SSSR count). The van der Waals surface area contributed by atoms with Crippen molar-refractivity contribution in [1.29, 1.82) is 0 Å². The highest BCUT2D eigenvalue weighted by Gasteiger charge is 2.26. The summed E-state index contributed by atoms with van der Waals surface area (Å²) in [6.07, 6.45) is 1.10. The number of carbonyl (C=O) groups is 2. The summed E-state index contributed by atoms with van der Waals surface area (Å²) in [6.45, 7) is 1.66. The number of rotatable bonds is 5. The molecule has 5 nitrogen and oxygen atoms in total. The van der Waals surface area contributed by atoms with Crippen molar-refractivity contribution < 1.29 is 27.4 Å². The average molecular weight is 465 g/mol. The molecule has 1 N–H and O–H groups in total. The molecular formula is C20H21Cl2F3N2O3. The minimum absolute atomic E-state index is 0. The smallest absolute Gasteiger partial charge is 0.184 e. The van der Waals surface area contributed by atoms with Gasteiger partial charge in [-0.25, -0.2) is 18.2 Å². The predicted octanol–water partition coefficient (Wildman–Crippen LogP) is 4.00. The van der Waals surface area contributed by atoms with Crippen LogP contribution in [0.25, 0.3) is 0 Å². The Morgan fingerprint density at radius 3 is 2.27 bits per heavy atom. The van der Waals surface area contributed by atoms with Crippen LogP contribution in [0, 0.1) is 23.4 Å². The molecule has 2 heterocycles. The number of nitrogens with zero attached hydrogens (tertiary/aromatic N) is 2. The molecule has 0 amide bonds. The summed E-state index contributed by atoms with van der Waals surface area (Å²) in [6, 6.07) is 5.61. The predicted molar refractivity (Wildman–Crippen MR) is 108 cm³/mol. The lowest BCUT2D eigenvalue weighted by molar-refractivity contribution is 0.0850. The van der Waals surface area contributed by atoms with Crippen molar-refractivity contribution in [3.63, 3.8) is 0 Å². The van der Waals surface area contributed by atoms with E-state index in [-0.39, 0.29) is 41.9 Å². The normalized spacial score (nSPS) is 14.3. The van der Waals surface area contributed by atoms with E-state index in [4.69, 9.17) is 4.66 Å². The average Bonchev–Trinajstić information content (AvgIpc) is 2.69. The Hall–Kier alpha value is -2.00. The number of ketones is 2. The molecule has 30 heavy (non-hydrogen) atoms. The highest BCUT2D eigenvalue weighted by atomic mass is 35.5. The number of hydrogen-bond acceptors (Lipinski definition) is 5. The van der Waals surface area contributed by atoms with Gasteiger partial charge in [0.2, 0.25) is 0 Å². The first-order chi connectivity index (χ1) is 13.8. The fraction of sp³-hybridized carbons (Fsp3) is 0.350. The molecule has 0 spiro atoms. The first-order valence-electron chi connectivity index (χ1n) is 8.88. The van der Waals surface area contributed by atoms with E-state index in [1.54, 1.807) is 12.1 Å². The van der Waals surface area contributed by atoms with Crippen molar-refractivity contribution in [2.45, 2.75) is 19.3 Å². The number of carbonyl (C=O) groups excluding carboxylic acids is 2. The van der Waals surface area contributed by atoms with Gasteiger partial charge >= 0.3 is 0 Å². The second-order valence-corrected chi connectivity index (χ2v) is 6.80. The Morgan fingerprint density at radius 1 is 1.13 bits per heavy atom. The molecule has 0 radical (unpaired) electrons. The first kappa shape index (κ1) is 26.0. The van der Waals surface area contributed by atoms with Crippen LogP contribution < -0.4 is 0 Å². The zero-order chi connectivity index (χ0) is 21.6. The van der Waals surface area contributed by atoms with E-state index in [0.29, 0.717) is 12.1 Å². The molecule has 0 unspecified atom stereocenters. The van der Waals surface area contributed by atoms with Crippen LogP contribution in [0.15, 0.2) is 30.3 Å². The molecular weight excluding hydrogens is 444 g/mol. The molecule has 10 heteroatoms. The van der Waals surface area contributed by atoms with Gasteiger partial charge in [0.1, 0.15) is 23.1 Å². The molecule has 0 bridgehead atoms. The van der Waals surface area contributed by atoms with Gasteiger partial charge in [-0.3, -0.25) is 14.2 Å². The summed E-state index contributed by atoms with van der Waals surface area (Å²) in [5.41, 5.74) is -0.318. The molecule has 164 valence electrons. The summed E-state index contributed by atoms with van der Waals surface area (Å²) in [5, 5.41) is 0.